The summed E-state index contributed by atoms with van der Waals surface area (Å²) in [4.78, 5) is 11.0. The first kappa shape index (κ1) is 11.3. The third kappa shape index (κ3) is 2.69. The van der Waals surface area contributed by atoms with Gasteiger partial charge in [0.2, 0.25) is 0 Å². The Hall–Kier alpha value is -2.17. The number of carbonyl (C=O) groups is 1. The van der Waals surface area contributed by atoms with E-state index in [1.165, 1.54) is 6.92 Å². The first-order chi connectivity index (χ1) is 8.19. The Labute approximate surface area is 99.0 Å². The van der Waals surface area contributed by atoms with Crippen molar-refractivity contribution in [2.75, 3.05) is 7.11 Å². The van der Waals surface area contributed by atoms with Gasteiger partial charge in [-0.3, -0.25) is 4.79 Å². The summed E-state index contributed by atoms with van der Waals surface area (Å²) in [7, 11) is 1.61. The van der Waals surface area contributed by atoms with Crippen LogP contribution in [0, 0.1) is 0 Å². The van der Waals surface area contributed by atoms with Gasteiger partial charge in [-0.2, -0.15) is 0 Å². The second kappa shape index (κ2) is 4.78. The smallest absolute Gasteiger partial charge is 0.135 e. The molecule has 0 bridgehead atoms. The molecule has 1 heterocycles. The van der Waals surface area contributed by atoms with Crippen LogP contribution in [0.4, 0.5) is 0 Å². The van der Waals surface area contributed by atoms with Crippen molar-refractivity contribution in [1.29, 1.82) is 0 Å². The van der Waals surface area contributed by atoms with Crippen molar-refractivity contribution < 1.29 is 9.53 Å². The van der Waals surface area contributed by atoms with Crippen LogP contribution in [-0.2, 0) is 11.2 Å². The molecule has 0 aliphatic rings. The van der Waals surface area contributed by atoms with Crippen molar-refractivity contribution in [3.8, 4) is 11.4 Å². The average Bonchev–Trinajstić information content (AvgIpc) is 2.77. The van der Waals surface area contributed by atoms with E-state index in [1.807, 2.05) is 24.3 Å². The predicted octanol–water partition coefficient (Wildman–Crippen LogP) is 1.41. The highest BCUT2D eigenvalue weighted by molar-refractivity contribution is 5.77. The van der Waals surface area contributed by atoms with Crippen molar-refractivity contribution in [2.45, 2.75) is 13.3 Å². The molecule has 2 rings (SSSR count). The molecule has 0 atom stereocenters. The predicted molar refractivity (Wildman–Crippen MR) is 62.3 cm³/mol. The van der Waals surface area contributed by atoms with E-state index < -0.39 is 0 Å². The van der Waals surface area contributed by atoms with E-state index in [1.54, 1.807) is 18.0 Å². The highest BCUT2D eigenvalue weighted by atomic mass is 16.5. The maximum absolute atomic E-state index is 11.0. The highest BCUT2D eigenvalue weighted by Gasteiger charge is 2.05. The normalized spacial score (nSPS) is 10.2. The summed E-state index contributed by atoms with van der Waals surface area (Å²) in [5.74, 6) is 0.828. The number of carbonyl (C=O) groups excluding carboxylic acids is 1. The molecule has 1 aromatic carbocycles. The van der Waals surface area contributed by atoms with Gasteiger partial charge >= 0.3 is 0 Å². The number of Topliss-reactive ketones (excluding diaryl/α,β-unsaturated/α-hetero) is 1. The standard InChI is InChI=1S/C12H13N3O2/c1-9(16)6-10-8-15(14-13-10)11-4-3-5-12(7-11)17-2/h3-5,7-8H,6H2,1-2H3. The van der Waals surface area contributed by atoms with Crippen LogP contribution in [0.3, 0.4) is 0 Å². The Morgan fingerprint density at radius 3 is 3.00 bits per heavy atom. The summed E-state index contributed by atoms with van der Waals surface area (Å²) in [5.41, 5.74) is 1.52. The van der Waals surface area contributed by atoms with Crippen molar-refractivity contribution >= 4 is 5.78 Å². The fourth-order valence-electron chi connectivity index (χ4n) is 1.51. The fourth-order valence-corrected chi connectivity index (χ4v) is 1.51. The summed E-state index contributed by atoms with van der Waals surface area (Å²) >= 11 is 0. The molecule has 5 nitrogen and oxygen atoms in total. The van der Waals surface area contributed by atoms with Crippen LogP contribution in [0.1, 0.15) is 12.6 Å². The summed E-state index contributed by atoms with van der Waals surface area (Å²) < 4.78 is 6.76. The van der Waals surface area contributed by atoms with Gasteiger partial charge in [-0.15, -0.1) is 5.10 Å². The van der Waals surface area contributed by atoms with Crippen LogP contribution in [0.25, 0.3) is 5.69 Å². The third-order valence-corrected chi connectivity index (χ3v) is 2.29. The minimum atomic E-state index is 0.0719. The molecule has 88 valence electrons. The zero-order chi connectivity index (χ0) is 12.3. The molecule has 0 aliphatic carbocycles. The van der Waals surface area contributed by atoms with Gasteiger partial charge in [0, 0.05) is 6.07 Å². The van der Waals surface area contributed by atoms with Crippen LogP contribution >= 0.6 is 0 Å². The highest BCUT2D eigenvalue weighted by Crippen LogP contribution is 2.15. The first-order valence-electron chi connectivity index (χ1n) is 5.24. The molecule has 0 radical (unpaired) electrons. The molecule has 17 heavy (non-hydrogen) atoms. The summed E-state index contributed by atoms with van der Waals surface area (Å²) in [5, 5.41) is 7.91. The van der Waals surface area contributed by atoms with E-state index >= 15 is 0 Å². The van der Waals surface area contributed by atoms with Gasteiger partial charge in [-0.25, -0.2) is 4.68 Å². The van der Waals surface area contributed by atoms with Crippen molar-refractivity contribution in [3.63, 3.8) is 0 Å². The number of rotatable bonds is 4. The second-order valence-electron chi connectivity index (χ2n) is 3.73. The molecule has 2 aromatic rings. The second-order valence-corrected chi connectivity index (χ2v) is 3.73. The lowest BCUT2D eigenvalue weighted by Gasteiger charge is -2.02. The molecule has 0 aliphatic heterocycles. The lowest BCUT2D eigenvalue weighted by atomic mass is 10.2. The zero-order valence-electron chi connectivity index (χ0n) is 9.75. The molecule has 5 heteroatoms. The average molecular weight is 231 g/mol. The number of ketones is 1. The van der Waals surface area contributed by atoms with Crippen LogP contribution < -0.4 is 4.74 Å². The summed E-state index contributed by atoms with van der Waals surface area (Å²) in [6.45, 7) is 1.53. The van der Waals surface area contributed by atoms with Crippen molar-refractivity contribution in [1.82, 2.24) is 15.0 Å². The van der Waals surface area contributed by atoms with Crippen LogP contribution in [0.15, 0.2) is 30.5 Å². The maximum atomic E-state index is 11.0. The summed E-state index contributed by atoms with van der Waals surface area (Å²) in [6, 6.07) is 7.48. The van der Waals surface area contributed by atoms with Crippen LogP contribution in [0.5, 0.6) is 5.75 Å². The molecule has 0 N–H and O–H groups in total. The van der Waals surface area contributed by atoms with E-state index in [-0.39, 0.29) is 5.78 Å². The van der Waals surface area contributed by atoms with Gasteiger partial charge < -0.3 is 4.74 Å². The number of hydrogen-bond donors (Lipinski definition) is 0. The van der Waals surface area contributed by atoms with Crippen molar-refractivity contribution in [3.05, 3.63) is 36.2 Å². The maximum Gasteiger partial charge on any atom is 0.135 e. The first-order valence-corrected chi connectivity index (χ1v) is 5.24. The van der Waals surface area contributed by atoms with E-state index in [9.17, 15) is 4.79 Å². The van der Waals surface area contributed by atoms with Crippen LogP contribution in [-0.4, -0.2) is 27.9 Å². The van der Waals surface area contributed by atoms with Gasteiger partial charge in [0.05, 0.1) is 31.1 Å². The number of nitrogens with zero attached hydrogens (tertiary/aromatic N) is 3. The largest absolute Gasteiger partial charge is 0.497 e. The summed E-state index contributed by atoms with van der Waals surface area (Å²) in [6.07, 6.45) is 2.06. The minimum absolute atomic E-state index is 0.0719. The zero-order valence-corrected chi connectivity index (χ0v) is 9.75. The van der Waals surface area contributed by atoms with Gasteiger partial charge in [-0.05, 0) is 19.1 Å². The third-order valence-electron chi connectivity index (χ3n) is 2.29. The molecular weight excluding hydrogens is 218 g/mol. The van der Waals surface area contributed by atoms with Crippen molar-refractivity contribution in [2.24, 2.45) is 0 Å². The molecule has 0 fully saturated rings. The topological polar surface area (TPSA) is 57.0 Å². The molecular formula is C12H13N3O2. The van der Waals surface area contributed by atoms with E-state index in [0.29, 0.717) is 12.1 Å². The minimum Gasteiger partial charge on any atom is -0.497 e. The molecule has 0 amide bonds. The van der Waals surface area contributed by atoms with E-state index in [4.69, 9.17) is 4.74 Å². The lowest BCUT2D eigenvalue weighted by molar-refractivity contribution is -0.116. The molecule has 0 saturated heterocycles. The Morgan fingerprint density at radius 2 is 2.29 bits per heavy atom. The Kier molecular flexibility index (Phi) is 3.18. The van der Waals surface area contributed by atoms with Crippen LogP contribution in [0.2, 0.25) is 0 Å². The quantitative estimate of drug-likeness (QED) is 0.798. The Morgan fingerprint density at radius 1 is 1.47 bits per heavy atom. The molecule has 0 spiro atoms. The number of hydrogen-bond acceptors (Lipinski definition) is 4. The monoisotopic (exact) mass is 231 g/mol. The van der Waals surface area contributed by atoms with E-state index in [0.717, 1.165) is 11.4 Å². The Balaban J connectivity index is 2.26. The fraction of sp³-hybridized carbons (Fsp3) is 0.250. The molecule has 0 unspecified atom stereocenters. The number of benzene rings is 1. The number of aromatic nitrogens is 3. The van der Waals surface area contributed by atoms with Gasteiger partial charge in [0.15, 0.2) is 0 Å². The van der Waals surface area contributed by atoms with Gasteiger partial charge in [0.1, 0.15) is 11.5 Å². The molecule has 0 saturated carbocycles. The van der Waals surface area contributed by atoms with Gasteiger partial charge in [0.25, 0.3) is 0 Å². The SMILES string of the molecule is COc1cccc(-n2cc(CC(C)=O)nn2)c1. The van der Waals surface area contributed by atoms with E-state index in [2.05, 4.69) is 10.3 Å². The number of methoxy groups -OCH3 is 1. The Bertz CT molecular complexity index is 534. The number of ether oxygens (including phenoxy) is 1. The molecule has 1 aromatic heterocycles. The van der Waals surface area contributed by atoms with Gasteiger partial charge in [-0.1, -0.05) is 11.3 Å². The lowest BCUT2D eigenvalue weighted by Crippen LogP contribution is -1.96.